The minimum atomic E-state index is -0.372. The van der Waals surface area contributed by atoms with Crippen LogP contribution in [0.5, 0.6) is 0 Å². The highest BCUT2D eigenvalue weighted by molar-refractivity contribution is 5.43. The maximum absolute atomic E-state index is 11.0. The van der Waals surface area contributed by atoms with Gasteiger partial charge >= 0.3 is 5.69 Å². The number of rotatable bonds is 4. The summed E-state index contributed by atoms with van der Waals surface area (Å²) in [5.74, 6) is -0.0819. The Hall–Kier alpha value is -1.43. The molecule has 0 aliphatic heterocycles. The summed E-state index contributed by atoms with van der Waals surface area (Å²) in [5.41, 5.74) is 6.99. The van der Waals surface area contributed by atoms with Gasteiger partial charge in [-0.05, 0) is 20.8 Å². The molecule has 90 valence electrons. The topological polar surface area (TPSA) is 87.0 Å². The molecule has 0 aromatic carbocycles. The minimum Gasteiger partial charge on any atom is -0.327 e. The lowest BCUT2D eigenvalue weighted by atomic mass is 9.99. The molecule has 6 heteroatoms. The van der Waals surface area contributed by atoms with Crippen LogP contribution in [0.1, 0.15) is 38.1 Å². The van der Waals surface area contributed by atoms with E-state index < -0.39 is 0 Å². The fourth-order valence-corrected chi connectivity index (χ4v) is 1.76. The molecule has 0 aliphatic rings. The Morgan fingerprint density at radius 2 is 2.12 bits per heavy atom. The van der Waals surface area contributed by atoms with Crippen LogP contribution in [-0.4, -0.2) is 20.7 Å². The van der Waals surface area contributed by atoms with E-state index in [1.54, 1.807) is 11.6 Å². The van der Waals surface area contributed by atoms with Crippen molar-refractivity contribution in [2.75, 3.05) is 0 Å². The van der Waals surface area contributed by atoms with Crippen molar-refractivity contribution in [3.8, 4) is 0 Å². The van der Waals surface area contributed by atoms with Crippen molar-refractivity contribution in [2.24, 2.45) is 5.73 Å². The van der Waals surface area contributed by atoms with Gasteiger partial charge in [-0.2, -0.15) is 5.10 Å². The smallest absolute Gasteiger partial charge is 0.313 e. The Morgan fingerprint density at radius 1 is 1.56 bits per heavy atom. The molecule has 1 heterocycles. The van der Waals surface area contributed by atoms with Gasteiger partial charge in [-0.3, -0.25) is 14.8 Å². The van der Waals surface area contributed by atoms with Crippen molar-refractivity contribution >= 4 is 5.69 Å². The van der Waals surface area contributed by atoms with E-state index in [-0.39, 0.29) is 22.6 Å². The van der Waals surface area contributed by atoms with Crippen LogP contribution >= 0.6 is 0 Å². The molecule has 0 fully saturated rings. The second kappa shape index (κ2) is 4.61. The van der Waals surface area contributed by atoms with Gasteiger partial charge in [-0.15, -0.1) is 0 Å². The Balaban J connectivity index is 3.37. The zero-order valence-corrected chi connectivity index (χ0v) is 10.1. The molecule has 0 aliphatic carbocycles. The maximum atomic E-state index is 11.0. The van der Waals surface area contributed by atoms with E-state index in [1.165, 1.54) is 0 Å². The van der Waals surface area contributed by atoms with E-state index in [0.29, 0.717) is 17.9 Å². The molecular weight excluding hydrogens is 208 g/mol. The van der Waals surface area contributed by atoms with Crippen molar-refractivity contribution in [3.63, 3.8) is 0 Å². The molecule has 6 nitrogen and oxygen atoms in total. The summed E-state index contributed by atoms with van der Waals surface area (Å²) in [5, 5.41) is 15.2. The molecule has 2 atom stereocenters. The van der Waals surface area contributed by atoms with Crippen molar-refractivity contribution in [1.82, 2.24) is 9.78 Å². The monoisotopic (exact) mass is 226 g/mol. The van der Waals surface area contributed by atoms with Crippen LogP contribution in [0.2, 0.25) is 0 Å². The van der Waals surface area contributed by atoms with Gasteiger partial charge < -0.3 is 5.73 Å². The molecule has 0 amide bonds. The lowest BCUT2D eigenvalue weighted by molar-refractivity contribution is -0.386. The molecule has 1 aromatic heterocycles. The quantitative estimate of drug-likeness (QED) is 0.623. The second-order valence-corrected chi connectivity index (χ2v) is 4.04. The number of nitro groups is 1. The number of nitrogens with zero attached hydrogens (tertiary/aromatic N) is 3. The number of hydrogen-bond acceptors (Lipinski definition) is 4. The Bertz CT molecular complexity index is 398. The molecule has 0 bridgehead atoms. The zero-order valence-electron chi connectivity index (χ0n) is 10.1. The number of nitrogens with two attached hydrogens (primary N) is 1. The predicted molar refractivity (Wildman–Crippen MR) is 61.4 cm³/mol. The van der Waals surface area contributed by atoms with Crippen LogP contribution in [0.3, 0.4) is 0 Å². The van der Waals surface area contributed by atoms with Crippen LogP contribution in [-0.2, 0) is 6.54 Å². The second-order valence-electron chi connectivity index (χ2n) is 4.04. The molecule has 1 aromatic rings. The Kier molecular flexibility index (Phi) is 3.64. The van der Waals surface area contributed by atoms with Crippen molar-refractivity contribution in [3.05, 3.63) is 21.5 Å². The molecule has 0 saturated heterocycles. The van der Waals surface area contributed by atoms with Gasteiger partial charge in [0.1, 0.15) is 11.4 Å². The van der Waals surface area contributed by atoms with Crippen LogP contribution in [0.25, 0.3) is 0 Å². The lowest BCUT2D eigenvalue weighted by Gasteiger charge is -2.16. The highest BCUT2D eigenvalue weighted by Crippen LogP contribution is 2.30. The first-order valence-electron chi connectivity index (χ1n) is 5.37. The lowest BCUT2D eigenvalue weighted by Crippen LogP contribution is -2.25. The molecule has 16 heavy (non-hydrogen) atoms. The van der Waals surface area contributed by atoms with Crippen molar-refractivity contribution in [1.29, 1.82) is 0 Å². The van der Waals surface area contributed by atoms with Crippen LogP contribution in [0.15, 0.2) is 0 Å². The molecule has 2 unspecified atom stereocenters. The van der Waals surface area contributed by atoms with E-state index in [0.717, 1.165) is 0 Å². The van der Waals surface area contributed by atoms with Gasteiger partial charge in [-0.25, -0.2) is 0 Å². The van der Waals surface area contributed by atoms with Crippen molar-refractivity contribution in [2.45, 2.75) is 46.2 Å². The fraction of sp³-hybridized carbons (Fsp3) is 0.700. The first-order valence-corrected chi connectivity index (χ1v) is 5.37. The molecule has 2 N–H and O–H groups in total. The van der Waals surface area contributed by atoms with Gasteiger partial charge in [0, 0.05) is 18.5 Å². The summed E-state index contributed by atoms with van der Waals surface area (Å²) >= 11 is 0. The maximum Gasteiger partial charge on any atom is 0.313 e. The SMILES string of the molecule is CCn1nc(C)c([N+](=O)[O-])c1C(C)C(C)N. The van der Waals surface area contributed by atoms with Gasteiger partial charge in [0.25, 0.3) is 0 Å². The van der Waals surface area contributed by atoms with E-state index in [1.807, 2.05) is 20.8 Å². The van der Waals surface area contributed by atoms with Crippen LogP contribution in [0, 0.1) is 17.0 Å². The number of hydrogen-bond donors (Lipinski definition) is 1. The average Bonchev–Trinajstić information content (AvgIpc) is 2.53. The summed E-state index contributed by atoms with van der Waals surface area (Å²) in [6.07, 6.45) is 0. The summed E-state index contributed by atoms with van der Waals surface area (Å²) < 4.78 is 1.67. The first kappa shape index (κ1) is 12.6. The molecule has 1 rings (SSSR count). The third-order valence-electron chi connectivity index (χ3n) is 2.84. The summed E-state index contributed by atoms with van der Waals surface area (Å²) in [6, 6.07) is -0.139. The van der Waals surface area contributed by atoms with E-state index in [2.05, 4.69) is 5.10 Å². The highest BCUT2D eigenvalue weighted by Gasteiger charge is 2.29. The minimum absolute atomic E-state index is 0.0819. The molecule has 0 spiro atoms. The number of aryl methyl sites for hydroxylation is 2. The molecular formula is C10H18N4O2. The Labute approximate surface area is 94.6 Å². The number of aromatic nitrogens is 2. The van der Waals surface area contributed by atoms with E-state index >= 15 is 0 Å². The van der Waals surface area contributed by atoms with Crippen molar-refractivity contribution < 1.29 is 4.92 Å². The van der Waals surface area contributed by atoms with Gasteiger partial charge in [0.05, 0.1) is 4.92 Å². The van der Waals surface area contributed by atoms with Crippen LogP contribution in [0.4, 0.5) is 5.69 Å². The van der Waals surface area contributed by atoms with Gasteiger partial charge in [0.15, 0.2) is 0 Å². The normalized spacial score (nSPS) is 14.8. The molecule has 0 radical (unpaired) electrons. The first-order chi connectivity index (χ1) is 7.40. The predicted octanol–water partition coefficient (Wildman–Crippen LogP) is 1.57. The summed E-state index contributed by atoms with van der Waals surface area (Å²) in [6.45, 7) is 7.91. The zero-order chi connectivity index (χ0) is 12.5. The third-order valence-corrected chi connectivity index (χ3v) is 2.84. The van der Waals surface area contributed by atoms with Gasteiger partial charge in [0.2, 0.25) is 0 Å². The van der Waals surface area contributed by atoms with E-state index in [4.69, 9.17) is 5.73 Å². The fourth-order valence-electron chi connectivity index (χ4n) is 1.76. The van der Waals surface area contributed by atoms with Gasteiger partial charge in [-0.1, -0.05) is 6.92 Å². The molecule has 0 saturated carbocycles. The summed E-state index contributed by atoms with van der Waals surface area (Å²) in [4.78, 5) is 10.6. The average molecular weight is 226 g/mol. The van der Waals surface area contributed by atoms with Crippen LogP contribution < -0.4 is 5.73 Å². The standard InChI is InChI=1S/C10H18N4O2/c1-5-13-9(6(2)7(3)11)10(14(15)16)8(4)12-13/h6-7H,5,11H2,1-4H3. The largest absolute Gasteiger partial charge is 0.327 e. The third kappa shape index (κ3) is 2.06. The summed E-state index contributed by atoms with van der Waals surface area (Å²) in [7, 11) is 0. The highest BCUT2D eigenvalue weighted by atomic mass is 16.6. The van der Waals surface area contributed by atoms with E-state index in [9.17, 15) is 10.1 Å². The Morgan fingerprint density at radius 3 is 2.50 bits per heavy atom.